The Kier molecular flexibility index (Phi) is 5.81. The molecule has 0 bridgehead atoms. The van der Waals surface area contributed by atoms with Gasteiger partial charge in [0.1, 0.15) is 0 Å². The molecule has 2 N–H and O–H groups in total. The fourth-order valence-electron chi connectivity index (χ4n) is 2.82. The monoisotopic (exact) mass is 283 g/mol. The summed E-state index contributed by atoms with van der Waals surface area (Å²) in [7, 11) is 0. The lowest BCUT2D eigenvalue weighted by molar-refractivity contribution is -0.133. The second-order valence-corrected chi connectivity index (χ2v) is 6.43. The van der Waals surface area contributed by atoms with E-state index < -0.39 is 0 Å². The van der Waals surface area contributed by atoms with Gasteiger partial charge >= 0.3 is 0 Å². The van der Waals surface area contributed by atoms with Gasteiger partial charge in [-0.15, -0.1) is 0 Å². The molecule has 2 aliphatic heterocycles. The van der Waals surface area contributed by atoms with E-state index in [1.54, 1.807) is 0 Å². The third-order valence-corrected chi connectivity index (χ3v) is 4.48. The lowest BCUT2D eigenvalue weighted by Gasteiger charge is -2.36. The van der Waals surface area contributed by atoms with Crippen LogP contribution in [-0.2, 0) is 9.53 Å². The second kappa shape index (κ2) is 7.38. The maximum atomic E-state index is 12.2. The van der Waals surface area contributed by atoms with Crippen LogP contribution in [0, 0.1) is 5.92 Å². The summed E-state index contributed by atoms with van der Waals surface area (Å²) in [5.41, 5.74) is 5.99. The Morgan fingerprint density at radius 1 is 1.30 bits per heavy atom. The van der Waals surface area contributed by atoms with Crippen molar-refractivity contribution in [2.45, 2.75) is 45.3 Å². The number of piperazine rings is 1. The topological polar surface area (TPSA) is 58.8 Å². The molecule has 2 heterocycles. The number of rotatable bonds is 5. The number of ether oxygens (including phenoxy) is 1. The predicted molar refractivity (Wildman–Crippen MR) is 79.4 cm³/mol. The van der Waals surface area contributed by atoms with E-state index in [2.05, 4.69) is 18.7 Å². The first-order chi connectivity index (χ1) is 9.56. The molecule has 0 spiro atoms. The first-order valence-electron chi connectivity index (χ1n) is 7.93. The number of hydrogen-bond donors (Lipinski definition) is 1. The number of amides is 1. The van der Waals surface area contributed by atoms with Crippen LogP contribution in [0.25, 0.3) is 0 Å². The van der Waals surface area contributed by atoms with Crippen LogP contribution in [0.15, 0.2) is 0 Å². The Hall–Kier alpha value is -0.650. The molecule has 20 heavy (non-hydrogen) atoms. The molecule has 0 aliphatic carbocycles. The third kappa shape index (κ3) is 4.43. The van der Waals surface area contributed by atoms with E-state index in [0.29, 0.717) is 18.4 Å². The lowest BCUT2D eigenvalue weighted by Crippen LogP contribution is -2.51. The molecule has 2 aliphatic rings. The second-order valence-electron chi connectivity index (χ2n) is 6.43. The van der Waals surface area contributed by atoms with Crippen LogP contribution >= 0.6 is 0 Å². The zero-order chi connectivity index (χ0) is 14.5. The maximum absolute atomic E-state index is 12.2. The van der Waals surface area contributed by atoms with E-state index in [1.165, 1.54) is 12.8 Å². The van der Waals surface area contributed by atoms with Gasteiger partial charge in [0.2, 0.25) is 5.91 Å². The third-order valence-electron chi connectivity index (χ3n) is 4.48. The number of hydrogen-bond acceptors (Lipinski definition) is 4. The Labute approximate surface area is 122 Å². The van der Waals surface area contributed by atoms with Crippen LogP contribution in [0.3, 0.4) is 0 Å². The van der Waals surface area contributed by atoms with E-state index in [0.717, 1.165) is 39.3 Å². The van der Waals surface area contributed by atoms with E-state index in [1.807, 2.05) is 4.90 Å². The van der Waals surface area contributed by atoms with Gasteiger partial charge in [-0.05, 0) is 18.8 Å². The average Bonchev–Trinajstić information content (AvgIpc) is 2.92. The summed E-state index contributed by atoms with van der Waals surface area (Å²) < 4.78 is 5.67. The first kappa shape index (κ1) is 15.7. The molecule has 0 aromatic heterocycles. The van der Waals surface area contributed by atoms with Gasteiger partial charge < -0.3 is 15.4 Å². The Balaban J connectivity index is 1.69. The van der Waals surface area contributed by atoms with Crippen molar-refractivity contribution in [1.29, 1.82) is 0 Å². The largest absolute Gasteiger partial charge is 0.377 e. The number of carbonyl (C=O) groups excluding carboxylic acids is 1. The summed E-state index contributed by atoms with van der Waals surface area (Å²) in [4.78, 5) is 16.6. The van der Waals surface area contributed by atoms with Crippen molar-refractivity contribution in [3.63, 3.8) is 0 Å². The van der Waals surface area contributed by atoms with Crippen molar-refractivity contribution in [2.24, 2.45) is 11.7 Å². The van der Waals surface area contributed by atoms with Crippen LogP contribution in [0.1, 0.15) is 33.1 Å². The molecule has 5 nitrogen and oxygen atoms in total. The van der Waals surface area contributed by atoms with Crippen LogP contribution < -0.4 is 5.73 Å². The molecule has 1 amide bonds. The van der Waals surface area contributed by atoms with Crippen molar-refractivity contribution < 1.29 is 9.53 Å². The van der Waals surface area contributed by atoms with Crippen molar-refractivity contribution >= 4 is 5.91 Å². The van der Waals surface area contributed by atoms with Gasteiger partial charge in [0, 0.05) is 51.8 Å². The maximum Gasteiger partial charge on any atom is 0.224 e. The number of carbonyl (C=O) groups is 1. The molecule has 0 aromatic carbocycles. The Morgan fingerprint density at radius 2 is 2.00 bits per heavy atom. The molecular formula is C15H29N3O2. The minimum absolute atomic E-state index is 0.0209. The molecule has 0 aromatic rings. The quantitative estimate of drug-likeness (QED) is 0.806. The first-order valence-corrected chi connectivity index (χ1v) is 7.93. The summed E-state index contributed by atoms with van der Waals surface area (Å²) in [6, 6.07) is -0.0209. The van der Waals surface area contributed by atoms with Crippen molar-refractivity contribution in [1.82, 2.24) is 9.80 Å². The Morgan fingerprint density at radius 3 is 2.55 bits per heavy atom. The summed E-state index contributed by atoms with van der Waals surface area (Å²) >= 11 is 0. The highest BCUT2D eigenvalue weighted by atomic mass is 16.5. The molecule has 2 saturated heterocycles. The smallest absolute Gasteiger partial charge is 0.224 e. The van der Waals surface area contributed by atoms with Crippen LogP contribution in [0.4, 0.5) is 0 Å². The van der Waals surface area contributed by atoms with Gasteiger partial charge in [0.25, 0.3) is 0 Å². The summed E-state index contributed by atoms with van der Waals surface area (Å²) in [6.07, 6.45) is 3.26. The normalized spacial score (nSPS) is 26.2. The SMILES string of the molecule is CC(C)C(N)CC(=O)N1CCN(CC2CCCO2)CC1. The highest BCUT2D eigenvalue weighted by Crippen LogP contribution is 2.15. The van der Waals surface area contributed by atoms with Crippen LogP contribution in [0.5, 0.6) is 0 Å². The van der Waals surface area contributed by atoms with Crippen molar-refractivity contribution in [3.8, 4) is 0 Å². The van der Waals surface area contributed by atoms with Crippen molar-refractivity contribution in [2.75, 3.05) is 39.3 Å². The molecule has 5 heteroatoms. The summed E-state index contributed by atoms with van der Waals surface area (Å²) in [6.45, 7) is 9.65. The fourth-order valence-corrected chi connectivity index (χ4v) is 2.82. The molecule has 116 valence electrons. The van der Waals surface area contributed by atoms with E-state index in [9.17, 15) is 4.79 Å². The fraction of sp³-hybridized carbons (Fsp3) is 0.933. The van der Waals surface area contributed by atoms with Gasteiger partial charge in [-0.25, -0.2) is 0 Å². The van der Waals surface area contributed by atoms with Crippen LogP contribution in [0.2, 0.25) is 0 Å². The highest BCUT2D eigenvalue weighted by molar-refractivity contribution is 5.77. The molecule has 2 fully saturated rings. The minimum Gasteiger partial charge on any atom is -0.377 e. The molecule has 2 atom stereocenters. The molecule has 0 radical (unpaired) electrons. The molecule has 2 rings (SSSR count). The zero-order valence-electron chi connectivity index (χ0n) is 12.9. The molecule has 2 unspecified atom stereocenters. The zero-order valence-corrected chi connectivity index (χ0v) is 12.9. The predicted octanol–water partition coefficient (Wildman–Crippen LogP) is 0.683. The van der Waals surface area contributed by atoms with Gasteiger partial charge in [0.05, 0.1) is 6.10 Å². The Bertz CT molecular complexity index is 308. The average molecular weight is 283 g/mol. The number of nitrogens with two attached hydrogens (primary N) is 1. The van der Waals surface area contributed by atoms with E-state index >= 15 is 0 Å². The van der Waals surface area contributed by atoms with Gasteiger partial charge in [-0.1, -0.05) is 13.8 Å². The van der Waals surface area contributed by atoms with Crippen LogP contribution in [-0.4, -0.2) is 67.2 Å². The van der Waals surface area contributed by atoms with Gasteiger partial charge in [0.15, 0.2) is 0 Å². The minimum atomic E-state index is -0.0209. The highest BCUT2D eigenvalue weighted by Gasteiger charge is 2.25. The standard InChI is InChI=1S/C15H29N3O2/c1-12(2)14(16)10-15(19)18-7-5-17(6-8-18)11-13-4-3-9-20-13/h12-14H,3-11,16H2,1-2H3. The number of nitrogens with zero attached hydrogens (tertiary/aromatic N) is 2. The molecule has 0 saturated carbocycles. The lowest BCUT2D eigenvalue weighted by atomic mass is 10.0. The molecular weight excluding hydrogens is 254 g/mol. The van der Waals surface area contributed by atoms with E-state index in [-0.39, 0.29) is 11.9 Å². The van der Waals surface area contributed by atoms with Gasteiger partial charge in [-0.2, -0.15) is 0 Å². The van der Waals surface area contributed by atoms with Gasteiger partial charge in [-0.3, -0.25) is 9.69 Å². The summed E-state index contributed by atoms with van der Waals surface area (Å²) in [5.74, 6) is 0.572. The summed E-state index contributed by atoms with van der Waals surface area (Å²) in [5, 5.41) is 0. The van der Waals surface area contributed by atoms with Crippen molar-refractivity contribution in [3.05, 3.63) is 0 Å². The van der Waals surface area contributed by atoms with E-state index in [4.69, 9.17) is 10.5 Å².